The molecule has 226 valence electrons. The van der Waals surface area contributed by atoms with Crippen molar-refractivity contribution in [3.8, 4) is 0 Å². The molecule has 0 aromatic heterocycles. The van der Waals surface area contributed by atoms with E-state index in [2.05, 4.69) is 0 Å². The summed E-state index contributed by atoms with van der Waals surface area (Å²) in [6, 6.07) is 7.81. The Balaban J connectivity index is 0.00000220. The highest BCUT2D eigenvalue weighted by atomic mass is 32.2. The van der Waals surface area contributed by atoms with E-state index >= 15 is 0 Å². The van der Waals surface area contributed by atoms with Crippen molar-refractivity contribution in [3.05, 3.63) is 35.4 Å². The summed E-state index contributed by atoms with van der Waals surface area (Å²) in [4.78, 5) is 27.0. The van der Waals surface area contributed by atoms with Crippen molar-refractivity contribution in [3.63, 3.8) is 0 Å². The molecule has 0 spiro atoms. The zero-order valence-corrected chi connectivity index (χ0v) is 25.5. The molecule has 6 unspecified atom stereocenters. The van der Waals surface area contributed by atoms with E-state index < -0.39 is 53.4 Å². The molecule has 0 saturated heterocycles. The lowest BCUT2D eigenvalue weighted by atomic mass is 9.70. The quantitative estimate of drug-likeness (QED) is 0.313. The molecule has 0 amide bonds. The molecule has 12 heteroatoms. The molecule has 0 aliphatic heterocycles. The van der Waals surface area contributed by atoms with Gasteiger partial charge in [-0.25, -0.2) is 0 Å². The number of hydrogen-bond acceptors (Lipinski definition) is 8. The van der Waals surface area contributed by atoms with Gasteiger partial charge in [-0.2, -0.15) is 16.8 Å². The maximum atomic E-state index is 13.5. The monoisotopic (exact) mass is 600 g/mol. The van der Waals surface area contributed by atoms with Crippen LogP contribution in [0.4, 0.5) is 0 Å². The number of Topliss-reactive ketones (excluding diaryl/α,β-unsaturated/α-hetero) is 2. The van der Waals surface area contributed by atoms with Gasteiger partial charge < -0.3 is 12.3 Å². The molecule has 4 fully saturated rings. The minimum absolute atomic E-state index is 0. The van der Waals surface area contributed by atoms with Gasteiger partial charge in [0, 0.05) is 11.8 Å². The zero-order valence-electron chi connectivity index (χ0n) is 23.9. The van der Waals surface area contributed by atoms with Gasteiger partial charge in [0.1, 0.15) is 11.6 Å². The van der Waals surface area contributed by atoms with E-state index in [-0.39, 0.29) is 47.5 Å². The van der Waals surface area contributed by atoms with Crippen molar-refractivity contribution in [2.75, 3.05) is 11.5 Å². The van der Waals surface area contributed by atoms with Crippen molar-refractivity contribution in [1.82, 2.24) is 12.3 Å². The predicted molar refractivity (Wildman–Crippen MR) is 152 cm³/mol. The first-order valence-electron chi connectivity index (χ1n) is 13.4. The molecule has 4 bridgehead atoms. The minimum Gasteiger partial charge on any atom is -0.344 e. The summed E-state index contributed by atoms with van der Waals surface area (Å²) < 4.78 is 66.3. The highest BCUT2D eigenvalue weighted by Gasteiger charge is 2.70. The summed E-state index contributed by atoms with van der Waals surface area (Å²) in [6.07, 6.45) is 3.45. The molecule has 5 rings (SSSR count). The van der Waals surface area contributed by atoms with Gasteiger partial charge in [0.25, 0.3) is 20.2 Å². The number of benzene rings is 1. The lowest BCUT2D eigenvalue weighted by Gasteiger charge is -2.35. The third-order valence-corrected chi connectivity index (χ3v) is 13.2. The van der Waals surface area contributed by atoms with E-state index in [1.54, 1.807) is 0 Å². The fourth-order valence-corrected chi connectivity index (χ4v) is 11.9. The molecule has 8 N–H and O–H groups in total. The maximum Gasteiger partial charge on any atom is 0.265 e. The Hall–Kier alpha value is -1.70. The van der Waals surface area contributed by atoms with Crippen molar-refractivity contribution in [2.45, 2.75) is 66.2 Å². The molecular weight excluding hydrogens is 556 g/mol. The first-order valence-corrected chi connectivity index (χ1v) is 16.6. The first-order chi connectivity index (χ1) is 17.3. The third kappa shape index (κ3) is 4.68. The Morgan fingerprint density at radius 2 is 0.975 bits per heavy atom. The second-order valence-corrected chi connectivity index (χ2v) is 16.4. The van der Waals surface area contributed by atoms with Crippen molar-refractivity contribution < 1.29 is 35.5 Å². The smallest absolute Gasteiger partial charge is 0.265 e. The van der Waals surface area contributed by atoms with Crippen LogP contribution in [0.5, 0.6) is 0 Å². The van der Waals surface area contributed by atoms with Gasteiger partial charge in [-0.05, 0) is 72.3 Å². The third-order valence-electron chi connectivity index (χ3n) is 11.5. The molecule has 0 heterocycles. The molecule has 0 radical (unpaired) electrons. The summed E-state index contributed by atoms with van der Waals surface area (Å²) in [6.45, 7) is 7.78. The van der Waals surface area contributed by atoms with Gasteiger partial charge in [-0.3, -0.25) is 18.7 Å². The first kappa shape index (κ1) is 32.8. The van der Waals surface area contributed by atoms with Crippen molar-refractivity contribution in [1.29, 1.82) is 0 Å². The highest BCUT2D eigenvalue weighted by Crippen LogP contribution is 2.68. The number of carbonyl (C=O) groups excluding carboxylic acids is 2. The lowest BCUT2D eigenvalue weighted by molar-refractivity contribution is -0.132. The minimum atomic E-state index is -4.30. The Morgan fingerprint density at radius 3 is 1.25 bits per heavy atom. The summed E-state index contributed by atoms with van der Waals surface area (Å²) in [5.74, 6) is -1.71. The standard InChI is InChI=1S/C28H38O8S2.2H3N/c1-25(2)21-9-11-27(25,15-37(31,32)33)23(29)19(21)13-17-5-7-18(8-6-17)14-20-22-10-12-28(24(20)30,26(22,3)4)16-38(34,35)36;;/h5-8,19-22H,9-16H2,1-4H3,(H,31,32,33)(H,34,35,36);2*1H3. The van der Waals surface area contributed by atoms with E-state index in [9.17, 15) is 35.5 Å². The largest absolute Gasteiger partial charge is 0.344 e. The fraction of sp³-hybridized carbons (Fsp3) is 0.714. The molecule has 10 nitrogen and oxygen atoms in total. The van der Waals surface area contributed by atoms with Gasteiger partial charge in [0.2, 0.25) is 0 Å². The van der Waals surface area contributed by atoms with Gasteiger partial charge in [-0.1, -0.05) is 52.0 Å². The number of rotatable bonds is 8. The summed E-state index contributed by atoms with van der Waals surface area (Å²) in [7, 11) is -8.59. The summed E-state index contributed by atoms with van der Waals surface area (Å²) in [5, 5.41) is 0. The van der Waals surface area contributed by atoms with Crippen LogP contribution in [0.1, 0.15) is 64.5 Å². The Bertz CT molecular complexity index is 1300. The van der Waals surface area contributed by atoms with Crippen LogP contribution >= 0.6 is 0 Å². The van der Waals surface area contributed by atoms with E-state index in [0.717, 1.165) is 24.0 Å². The molecule has 4 saturated carbocycles. The van der Waals surface area contributed by atoms with Crippen LogP contribution in [0.3, 0.4) is 0 Å². The lowest BCUT2D eigenvalue weighted by Crippen LogP contribution is -2.43. The average Bonchev–Trinajstić information content (AvgIpc) is 3.27. The molecular formula is C28H44N2O8S2. The number of ketones is 2. The maximum absolute atomic E-state index is 13.5. The van der Waals surface area contributed by atoms with Crippen LogP contribution in [0, 0.1) is 45.3 Å². The van der Waals surface area contributed by atoms with Gasteiger partial charge >= 0.3 is 0 Å². The van der Waals surface area contributed by atoms with Crippen LogP contribution in [0.2, 0.25) is 0 Å². The molecule has 1 aromatic rings. The highest BCUT2D eigenvalue weighted by molar-refractivity contribution is 7.86. The SMILES string of the molecule is CC1(C)C2CCC1(CS(=O)(=O)O)C(=O)C2Cc1ccc(CC2C(=O)C3(CS(=O)(=O)O)CCC2C3(C)C)cc1.N.N. The van der Waals surface area contributed by atoms with E-state index in [1.165, 1.54) is 0 Å². The van der Waals surface area contributed by atoms with Crippen LogP contribution in [0.25, 0.3) is 0 Å². The fourth-order valence-electron chi connectivity index (χ4n) is 9.32. The summed E-state index contributed by atoms with van der Waals surface area (Å²) >= 11 is 0. The number of hydrogen-bond donors (Lipinski definition) is 4. The zero-order chi connectivity index (χ0) is 28.1. The second kappa shape index (κ2) is 9.95. The predicted octanol–water partition coefficient (Wildman–Crippen LogP) is 4.11. The topological polar surface area (TPSA) is 213 Å². The van der Waals surface area contributed by atoms with Crippen LogP contribution in [0.15, 0.2) is 24.3 Å². The van der Waals surface area contributed by atoms with Gasteiger partial charge in [-0.15, -0.1) is 0 Å². The van der Waals surface area contributed by atoms with Gasteiger partial charge in [0.05, 0.1) is 22.3 Å². The molecule has 1 aromatic carbocycles. The molecule has 4 aliphatic rings. The van der Waals surface area contributed by atoms with Crippen molar-refractivity contribution >= 4 is 31.8 Å². The van der Waals surface area contributed by atoms with Gasteiger partial charge in [0.15, 0.2) is 0 Å². The molecule has 4 aliphatic carbocycles. The molecule has 6 atom stereocenters. The van der Waals surface area contributed by atoms with E-state index in [1.807, 2.05) is 52.0 Å². The second-order valence-electron chi connectivity index (χ2n) is 13.5. The Kier molecular flexibility index (Phi) is 8.16. The van der Waals surface area contributed by atoms with Crippen LogP contribution in [-0.4, -0.2) is 49.0 Å². The Labute approximate surface area is 237 Å². The van der Waals surface area contributed by atoms with Crippen LogP contribution in [-0.2, 0) is 42.7 Å². The normalized spacial score (nSPS) is 35.5. The number of carbonyl (C=O) groups is 2. The summed E-state index contributed by atoms with van der Waals surface area (Å²) in [5.41, 5.74) is -1.22. The average molecular weight is 601 g/mol. The molecule has 40 heavy (non-hydrogen) atoms. The Morgan fingerprint density at radius 1 is 0.675 bits per heavy atom. The van der Waals surface area contributed by atoms with Crippen molar-refractivity contribution in [2.24, 2.45) is 45.3 Å². The van der Waals surface area contributed by atoms with E-state index in [4.69, 9.17) is 0 Å². The number of fused-ring (bicyclic) bond motifs is 4. The van der Waals surface area contributed by atoms with Crippen LogP contribution < -0.4 is 12.3 Å². The van der Waals surface area contributed by atoms with E-state index in [0.29, 0.717) is 25.7 Å².